The van der Waals surface area contributed by atoms with Crippen LogP contribution < -0.4 is 10.6 Å². The third-order valence-corrected chi connectivity index (χ3v) is 3.43. The minimum Gasteiger partial charge on any atom is -0.365 e. The van der Waals surface area contributed by atoms with Gasteiger partial charge in [-0.25, -0.2) is 4.39 Å². The number of nitrogens with one attached hydrogen (secondary N) is 2. The number of halogens is 1. The molecule has 1 amide bonds. The van der Waals surface area contributed by atoms with Crippen molar-refractivity contribution in [2.75, 3.05) is 10.6 Å². The van der Waals surface area contributed by atoms with E-state index in [-0.39, 0.29) is 18.1 Å². The average molecular weight is 337 g/mol. The Kier molecular flexibility index (Phi) is 5.26. The molecule has 3 aromatic rings. The molecule has 0 aliphatic rings. The van der Waals surface area contributed by atoms with Crippen molar-refractivity contribution in [3.63, 3.8) is 0 Å². The molecule has 126 valence electrons. The van der Waals surface area contributed by atoms with Crippen molar-refractivity contribution in [2.45, 2.75) is 13.0 Å². The van der Waals surface area contributed by atoms with Crippen molar-refractivity contribution < 1.29 is 9.18 Å². The molecule has 0 radical (unpaired) electrons. The number of amides is 1. The zero-order valence-corrected chi connectivity index (χ0v) is 13.3. The summed E-state index contributed by atoms with van der Waals surface area (Å²) in [6.07, 6.45) is 3.59. The standard InChI is InChI=1S/C18H16FN5O/c19-15-3-1-13(2-4-15)11-18(25)22-17-6-5-16(23-24-17)21-12-14-7-9-20-10-8-14/h1-10H,11-12H2,(H,21,23)(H,22,24,25). The van der Waals surface area contributed by atoms with E-state index in [0.29, 0.717) is 18.2 Å². The third-order valence-electron chi connectivity index (χ3n) is 3.43. The molecule has 0 saturated carbocycles. The molecule has 0 saturated heterocycles. The van der Waals surface area contributed by atoms with Gasteiger partial charge in [0.1, 0.15) is 11.6 Å². The molecule has 0 spiro atoms. The molecule has 0 fully saturated rings. The van der Waals surface area contributed by atoms with Crippen LogP contribution in [0.1, 0.15) is 11.1 Å². The van der Waals surface area contributed by atoms with Gasteiger partial charge in [-0.3, -0.25) is 9.78 Å². The van der Waals surface area contributed by atoms with Crippen LogP contribution in [0.3, 0.4) is 0 Å². The molecule has 3 rings (SSSR count). The highest BCUT2D eigenvalue weighted by molar-refractivity contribution is 5.91. The Hall–Kier alpha value is -3.35. The summed E-state index contributed by atoms with van der Waals surface area (Å²) >= 11 is 0. The molecule has 0 atom stereocenters. The molecule has 2 heterocycles. The van der Waals surface area contributed by atoms with Crippen molar-refractivity contribution in [1.29, 1.82) is 0 Å². The second-order valence-electron chi connectivity index (χ2n) is 5.36. The van der Waals surface area contributed by atoms with E-state index < -0.39 is 0 Å². The molecule has 6 nitrogen and oxygen atoms in total. The summed E-state index contributed by atoms with van der Waals surface area (Å²) in [6, 6.07) is 13.0. The summed E-state index contributed by atoms with van der Waals surface area (Å²) in [7, 11) is 0. The minimum absolute atomic E-state index is 0.143. The summed E-state index contributed by atoms with van der Waals surface area (Å²) < 4.78 is 12.9. The lowest BCUT2D eigenvalue weighted by Crippen LogP contribution is -2.16. The molecule has 2 aromatic heterocycles. The number of hydrogen-bond donors (Lipinski definition) is 2. The zero-order chi connectivity index (χ0) is 17.5. The average Bonchev–Trinajstić information content (AvgIpc) is 2.64. The molecule has 7 heteroatoms. The molecule has 2 N–H and O–H groups in total. The van der Waals surface area contributed by atoms with Gasteiger partial charge < -0.3 is 10.6 Å². The minimum atomic E-state index is -0.329. The highest BCUT2D eigenvalue weighted by Crippen LogP contribution is 2.09. The monoisotopic (exact) mass is 337 g/mol. The maximum atomic E-state index is 12.9. The lowest BCUT2D eigenvalue weighted by Gasteiger charge is -2.07. The van der Waals surface area contributed by atoms with Crippen LogP contribution in [0.5, 0.6) is 0 Å². The lowest BCUT2D eigenvalue weighted by molar-refractivity contribution is -0.115. The van der Waals surface area contributed by atoms with Gasteiger partial charge in [0.15, 0.2) is 5.82 Å². The molecule has 0 unspecified atom stereocenters. The number of benzene rings is 1. The van der Waals surface area contributed by atoms with E-state index in [1.54, 1.807) is 36.7 Å². The molecule has 25 heavy (non-hydrogen) atoms. The van der Waals surface area contributed by atoms with Crippen LogP contribution in [0.15, 0.2) is 60.9 Å². The molecule has 0 bridgehead atoms. The number of carbonyl (C=O) groups is 1. The fraction of sp³-hybridized carbons (Fsp3) is 0.111. The number of anilines is 2. The smallest absolute Gasteiger partial charge is 0.229 e. The Morgan fingerprint density at radius 2 is 1.56 bits per heavy atom. The zero-order valence-electron chi connectivity index (χ0n) is 13.3. The van der Waals surface area contributed by atoms with Gasteiger partial charge in [0.25, 0.3) is 0 Å². The summed E-state index contributed by atoms with van der Waals surface area (Å²) in [5, 5.41) is 13.8. The van der Waals surface area contributed by atoms with Gasteiger partial charge in [0.05, 0.1) is 6.42 Å². The quantitative estimate of drug-likeness (QED) is 0.723. The van der Waals surface area contributed by atoms with Gasteiger partial charge in [0, 0.05) is 18.9 Å². The van der Waals surface area contributed by atoms with Crippen LogP contribution >= 0.6 is 0 Å². The predicted octanol–water partition coefficient (Wildman–Crippen LogP) is 2.80. The molecular weight excluding hydrogens is 321 g/mol. The van der Waals surface area contributed by atoms with Crippen molar-refractivity contribution in [3.05, 3.63) is 77.9 Å². The van der Waals surface area contributed by atoms with E-state index in [0.717, 1.165) is 11.1 Å². The Balaban J connectivity index is 1.51. The molecule has 0 aliphatic carbocycles. The van der Waals surface area contributed by atoms with Gasteiger partial charge in [0.2, 0.25) is 5.91 Å². The second-order valence-corrected chi connectivity index (χ2v) is 5.36. The van der Waals surface area contributed by atoms with Crippen molar-refractivity contribution in [2.24, 2.45) is 0 Å². The van der Waals surface area contributed by atoms with Crippen molar-refractivity contribution >= 4 is 17.5 Å². The lowest BCUT2D eigenvalue weighted by atomic mass is 10.1. The van der Waals surface area contributed by atoms with Crippen molar-refractivity contribution in [3.8, 4) is 0 Å². The summed E-state index contributed by atoms with van der Waals surface area (Å²) in [6.45, 7) is 0.605. The van der Waals surface area contributed by atoms with E-state index >= 15 is 0 Å². The van der Waals surface area contributed by atoms with Crippen LogP contribution in [0.2, 0.25) is 0 Å². The van der Waals surface area contributed by atoms with Gasteiger partial charge in [-0.1, -0.05) is 12.1 Å². The number of aromatic nitrogens is 3. The third kappa shape index (κ3) is 5.07. The first-order chi connectivity index (χ1) is 12.2. The summed E-state index contributed by atoms with van der Waals surface area (Å²) in [5.74, 6) is 0.401. The normalized spacial score (nSPS) is 10.3. The first-order valence-corrected chi connectivity index (χ1v) is 7.70. The number of rotatable bonds is 6. The SMILES string of the molecule is O=C(Cc1ccc(F)cc1)Nc1ccc(NCc2ccncc2)nn1. The Morgan fingerprint density at radius 1 is 0.880 bits per heavy atom. The van der Waals surface area contributed by atoms with Crippen LogP contribution in [0.25, 0.3) is 0 Å². The first-order valence-electron chi connectivity index (χ1n) is 7.70. The van der Waals surface area contributed by atoms with Crippen molar-refractivity contribution in [1.82, 2.24) is 15.2 Å². The topological polar surface area (TPSA) is 79.8 Å². The molecular formula is C18H16FN5O. The largest absolute Gasteiger partial charge is 0.365 e. The van der Waals surface area contributed by atoms with Gasteiger partial charge >= 0.3 is 0 Å². The number of nitrogens with zero attached hydrogens (tertiary/aromatic N) is 3. The molecule has 1 aromatic carbocycles. The maximum Gasteiger partial charge on any atom is 0.229 e. The summed E-state index contributed by atoms with van der Waals surface area (Å²) in [5.41, 5.74) is 1.80. The number of hydrogen-bond acceptors (Lipinski definition) is 5. The predicted molar refractivity (Wildman–Crippen MR) is 92.3 cm³/mol. The first kappa shape index (κ1) is 16.5. The summed E-state index contributed by atoms with van der Waals surface area (Å²) in [4.78, 5) is 15.9. The van der Waals surface area contributed by atoms with E-state index in [4.69, 9.17) is 0 Å². The van der Waals surface area contributed by atoms with E-state index in [9.17, 15) is 9.18 Å². The van der Waals surface area contributed by atoms with E-state index in [1.807, 2.05) is 12.1 Å². The fourth-order valence-electron chi connectivity index (χ4n) is 2.16. The highest BCUT2D eigenvalue weighted by Gasteiger charge is 2.06. The van der Waals surface area contributed by atoms with Crippen LogP contribution in [-0.2, 0) is 17.8 Å². The van der Waals surface area contributed by atoms with Crippen LogP contribution in [0, 0.1) is 5.82 Å². The second kappa shape index (κ2) is 7.96. The number of pyridine rings is 1. The van der Waals surface area contributed by atoms with E-state index in [2.05, 4.69) is 25.8 Å². The number of carbonyl (C=O) groups excluding carboxylic acids is 1. The van der Waals surface area contributed by atoms with E-state index in [1.165, 1.54) is 12.1 Å². The van der Waals surface area contributed by atoms with Gasteiger partial charge in [-0.15, -0.1) is 10.2 Å². The Bertz CT molecular complexity index is 822. The van der Waals surface area contributed by atoms with Gasteiger partial charge in [-0.2, -0.15) is 0 Å². The fourth-order valence-corrected chi connectivity index (χ4v) is 2.16. The van der Waals surface area contributed by atoms with Crippen LogP contribution in [-0.4, -0.2) is 21.1 Å². The molecule has 0 aliphatic heterocycles. The van der Waals surface area contributed by atoms with Crippen LogP contribution in [0.4, 0.5) is 16.0 Å². The highest BCUT2D eigenvalue weighted by atomic mass is 19.1. The maximum absolute atomic E-state index is 12.9. The van der Waals surface area contributed by atoms with Gasteiger partial charge in [-0.05, 0) is 47.5 Å². The Morgan fingerprint density at radius 3 is 2.24 bits per heavy atom. The Labute approximate surface area is 144 Å².